The van der Waals surface area contributed by atoms with E-state index >= 15 is 0 Å². The van der Waals surface area contributed by atoms with Crippen LogP contribution in [0.5, 0.6) is 0 Å². The van der Waals surface area contributed by atoms with Crippen LogP contribution in [0.1, 0.15) is 37.6 Å². The van der Waals surface area contributed by atoms with Gasteiger partial charge in [-0.1, -0.05) is 26.8 Å². The monoisotopic (exact) mass is 303 g/mol. The summed E-state index contributed by atoms with van der Waals surface area (Å²) in [6, 6.07) is 4.51. The Morgan fingerprint density at radius 3 is 2.68 bits per heavy atom. The summed E-state index contributed by atoms with van der Waals surface area (Å²) >= 11 is 0. The molecule has 0 saturated heterocycles. The molecule has 2 N–H and O–H groups in total. The van der Waals surface area contributed by atoms with Crippen molar-refractivity contribution in [2.45, 2.75) is 39.8 Å². The molecule has 0 saturated carbocycles. The molecule has 0 bridgehead atoms. The van der Waals surface area contributed by atoms with Crippen molar-refractivity contribution in [1.29, 1.82) is 0 Å². The molecule has 1 aromatic carbocycles. The summed E-state index contributed by atoms with van der Waals surface area (Å²) in [5.41, 5.74) is 1.33. The lowest BCUT2D eigenvalue weighted by atomic mass is 10.1. The normalized spacial score (nSPS) is 12.5. The highest BCUT2D eigenvalue weighted by Gasteiger charge is 2.20. The molecule has 0 aliphatic carbocycles. The van der Waals surface area contributed by atoms with Gasteiger partial charge in [0.2, 0.25) is 0 Å². The molecule has 0 fully saturated rings. The van der Waals surface area contributed by atoms with E-state index in [1.54, 1.807) is 25.3 Å². The van der Waals surface area contributed by atoms with Crippen LogP contribution < -0.4 is 5.32 Å². The fraction of sp³-hybridized carbons (Fsp3) is 0.438. The summed E-state index contributed by atoms with van der Waals surface area (Å²) in [6.07, 6.45) is 2.00. The summed E-state index contributed by atoms with van der Waals surface area (Å²) in [4.78, 5) is 23.4. The van der Waals surface area contributed by atoms with Crippen molar-refractivity contribution in [3.8, 4) is 0 Å². The Bertz CT molecular complexity index is 691. The highest BCUT2D eigenvalue weighted by atomic mass is 16.4. The highest BCUT2D eigenvalue weighted by Crippen LogP contribution is 2.19. The van der Waals surface area contributed by atoms with Crippen LogP contribution in [0.25, 0.3) is 10.9 Å². The van der Waals surface area contributed by atoms with Crippen LogP contribution in [0.2, 0.25) is 0 Å². The number of carbonyl (C=O) groups is 2. The summed E-state index contributed by atoms with van der Waals surface area (Å²) in [6.45, 7) is 6.69. The van der Waals surface area contributed by atoms with E-state index in [2.05, 4.69) is 24.3 Å². The van der Waals surface area contributed by atoms with Gasteiger partial charge in [0.05, 0.1) is 17.3 Å². The van der Waals surface area contributed by atoms with Gasteiger partial charge in [-0.3, -0.25) is 9.48 Å². The van der Waals surface area contributed by atoms with E-state index in [-0.39, 0.29) is 5.91 Å². The number of aliphatic carboxylic acids is 1. The second kappa shape index (κ2) is 6.60. The zero-order chi connectivity index (χ0) is 16.3. The van der Waals surface area contributed by atoms with E-state index in [9.17, 15) is 9.59 Å². The second-order valence-corrected chi connectivity index (χ2v) is 5.73. The fourth-order valence-corrected chi connectivity index (χ4v) is 2.37. The average Bonchev–Trinajstić information content (AvgIpc) is 2.86. The predicted molar refractivity (Wildman–Crippen MR) is 83.8 cm³/mol. The first-order valence-electron chi connectivity index (χ1n) is 7.42. The van der Waals surface area contributed by atoms with Crippen molar-refractivity contribution in [2.75, 3.05) is 0 Å². The molecule has 1 heterocycles. The summed E-state index contributed by atoms with van der Waals surface area (Å²) < 4.78 is 1.87. The van der Waals surface area contributed by atoms with Crippen LogP contribution in [0.3, 0.4) is 0 Å². The number of amides is 1. The minimum Gasteiger partial charge on any atom is -0.480 e. The van der Waals surface area contributed by atoms with Gasteiger partial charge < -0.3 is 10.4 Å². The third-order valence-corrected chi connectivity index (χ3v) is 3.48. The number of carboxylic acid groups (broad SMARTS) is 1. The Hall–Kier alpha value is -2.37. The molecular weight excluding hydrogens is 282 g/mol. The first kappa shape index (κ1) is 16.0. The molecule has 22 heavy (non-hydrogen) atoms. The van der Waals surface area contributed by atoms with Crippen molar-refractivity contribution in [3.05, 3.63) is 30.0 Å². The van der Waals surface area contributed by atoms with Crippen LogP contribution in [0.4, 0.5) is 0 Å². The molecule has 6 nitrogen and oxygen atoms in total. The van der Waals surface area contributed by atoms with Gasteiger partial charge in [-0.15, -0.1) is 0 Å². The van der Waals surface area contributed by atoms with Crippen LogP contribution >= 0.6 is 0 Å². The van der Waals surface area contributed by atoms with Crippen molar-refractivity contribution >= 4 is 22.8 Å². The van der Waals surface area contributed by atoms with Gasteiger partial charge >= 0.3 is 5.97 Å². The summed E-state index contributed by atoms with van der Waals surface area (Å²) in [5.74, 6) is -0.973. The molecule has 1 atom stereocenters. The smallest absolute Gasteiger partial charge is 0.326 e. The van der Waals surface area contributed by atoms with Crippen molar-refractivity contribution < 1.29 is 14.7 Å². The van der Waals surface area contributed by atoms with Gasteiger partial charge in [-0.25, -0.2) is 4.79 Å². The third kappa shape index (κ3) is 3.27. The average molecular weight is 303 g/mol. The number of hydrogen-bond donors (Lipinski definition) is 2. The number of fused-ring (bicyclic) bond motifs is 1. The minimum atomic E-state index is -1.03. The largest absolute Gasteiger partial charge is 0.480 e. The molecule has 1 amide bonds. The Labute approximate surface area is 129 Å². The van der Waals surface area contributed by atoms with E-state index < -0.39 is 12.0 Å². The van der Waals surface area contributed by atoms with Crippen LogP contribution in [-0.2, 0) is 11.3 Å². The molecule has 0 spiro atoms. The number of carbonyl (C=O) groups excluding carboxylic acids is 1. The number of nitrogens with one attached hydrogen (secondary N) is 1. The highest BCUT2D eigenvalue weighted by molar-refractivity contribution is 6.07. The number of benzene rings is 1. The topological polar surface area (TPSA) is 84.2 Å². The first-order chi connectivity index (χ1) is 10.4. The van der Waals surface area contributed by atoms with Gasteiger partial charge in [0.1, 0.15) is 6.04 Å². The Kier molecular flexibility index (Phi) is 4.80. The maximum absolute atomic E-state index is 12.4. The minimum absolute atomic E-state index is 0.337. The van der Waals surface area contributed by atoms with Crippen LogP contribution in [0, 0.1) is 5.92 Å². The number of hydrogen-bond acceptors (Lipinski definition) is 3. The lowest BCUT2D eigenvalue weighted by Gasteiger charge is -2.13. The molecule has 0 aliphatic rings. The molecule has 2 rings (SSSR count). The lowest BCUT2D eigenvalue weighted by molar-refractivity contribution is -0.139. The van der Waals surface area contributed by atoms with Gasteiger partial charge in [0, 0.05) is 11.9 Å². The summed E-state index contributed by atoms with van der Waals surface area (Å²) in [7, 11) is 0. The number of nitrogens with zero attached hydrogens (tertiary/aromatic N) is 2. The van der Waals surface area contributed by atoms with Crippen molar-refractivity contribution in [2.24, 2.45) is 5.92 Å². The van der Waals surface area contributed by atoms with E-state index in [0.29, 0.717) is 17.9 Å². The zero-order valence-corrected chi connectivity index (χ0v) is 13.0. The van der Waals surface area contributed by atoms with Gasteiger partial charge in [0.25, 0.3) is 5.91 Å². The molecule has 1 aromatic heterocycles. The zero-order valence-electron chi connectivity index (χ0n) is 13.0. The number of rotatable bonds is 6. The van der Waals surface area contributed by atoms with Crippen molar-refractivity contribution in [3.63, 3.8) is 0 Å². The Balaban J connectivity index is 2.33. The fourth-order valence-electron chi connectivity index (χ4n) is 2.37. The molecule has 6 heteroatoms. The molecule has 118 valence electrons. The lowest BCUT2D eigenvalue weighted by Crippen LogP contribution is -2.40. The maximum Gasteiger partial charge on any atom is 0.326 e. The van der Waals surface area contributed by atoms with Crippen molar-refractivity contribution in [1.82, 2.24) is 15.1 Å². The number of aromatic nitrogens is 2. The van der Waals surface area contributed by atoms with Crippen LogP contribution in [0.15, 0.2) is 24.4 Å². The van der Waals surface area contributed by atoms with E-state index in [1.165, 1.54) is 0 Å². The quantitative estimate of drug-likeness (QED) is 0.857. The second-order valence-electron chi connectivity index (χ2n) is 5.73. The molecule has 1 unspecified atom stereocenters. The van der Waals surface area contributed by atoms with E-state index in [0.717, 1.165) is 17.4 Å². The molecular formula is C16H21N3O3. The van der Waals surface area contributed by atoms with Gasteiger partial charge in [-0.05, 0) is 24.5 Å². The van der Waals surface area contributed by atoms with Gasteiger partial charge in [0.15, 0.2) is 0 Å². The predicted octanol–water partition coefficient (Wildman–Crippen LogP) is 2.29. The molecule has 0 radical (unpaired) electrons. The Morgan fingerprint density at radius 2 is 2.09 bits per heavy atom. The van der Waals surface area contributed by atoms with E-state index in [4.69, 9.17) is 5.11 Å². The molecule has 2 aromatic rings. The maximum atomic E-state index is 12.4. The number of carboxylic acids is 1. The first-order valence-corrected chi connectivity index (χ1v) is 7.42. The van der Waals surface area contributed by atoms with E-state index in [1.807, 2.05) is 10.7 Å². The Morgan fingerprint density at radius 1 is 1.36 bits per heavy atom. The SMILES string of the molecule is CCC(NC(=O)c1cccc2c1cnn2CC(C)C)C(=O)O. The molecule has 0 aliphatic heterocycles. The third-order valence-electron chi connectivity index (χ3n) is 3.48. The standard InChI is InChI=1S/C16H21N3O3/c1-4-13(16(21)22)18-15(20)11-6-5-7-14-12(11)8-17-19(14)9-10(2)3/h5-8,10,13H,4,9H2,1-3H3,(H,18,20)(H,21,22). The van der Waals surface area contributed by atoms with Crippen LogP contribution in [-0.4, -0.2) is 32.8 Å². The van der Waals surface area contributed by atoms with Gasteiger partial charge in [-0.2, -0.15) is 5.10 Å². The summed E-state index contributed by atoms with van der Waals surface area (Å²) in [5, 5.41) is 16.7.